The lowest BCUT2D eigenvalue weighted by Crippen LogP contribution is -2.26. The molecule has 1 heteroatoms. The minimum absolute atomic E-state index is 0.0260. The molecule has 0 N–H and O–H groups in total. The molecule has 0 spiro atoms. The summed E-state index contributed by atoms with van der Waals surface area (Å²) in [5.41, 5.74) is 20.7. The number of unbranched alkanes of at least 4 members (excludes halogenated alkanes) is 6. The Bertz CT molecular complexity index is 2300. The Labute approximate surface area is 336 Å². The lowest BCUT2D eigenvalue weighted by atomic mass is 9.70. The summed E-state index contributed by atoms with van der Waals surface area (Å²) in [4.78, 5) is 2.58. The first-order valence-corrected chi connectivity index (χ1v) is 21.7. The molecule has 56 heavy (non-hydrogen) atoms. The highest BCUT2D eigenvalue weighted by molar-refractivity contribution is 5.90. The highest BCUT2D eigenvalue weighted by Crippen LogP contribution is 2.57. The summed E-state index contributed by atoms with van der Waals surface area (Å²) in [6.45, 7) is 14.3. The van der Waals surface area contributed by atoms with Gasteiger partial charge in [0, 0.05) is 33.3 Å². The fourth-order valence-corrected chi connectivity index (χ4v) is 11.1. The number of rotatable bonds is 13. The van der Waals surface area contributed by atoms with Crippen molar-refractivity contribution in [2.45, 2.75) is 122 Å². The quantitative estimate of drug-likeness (QED) is 0.107. The minimum atomic E-state index is -0.0825. The summed E-state index contributed by atoms with van der Waals surface area (Å²) in [6.07, 6.45) is 12.7. The van der Waals surface area contributed by atoms with Gasteiger partial charge in [0.25, 0.3) is 0 Å². The van der Waals surface area contributed by atoms with Crippen molar-refractivity contribution < 1.29 is 0 Å². The van der Waals surface area contributed by atoms with Crippen molar-refractivity contribution in [3.05, 3.63) is 161 Å². The first-order chi connectivity index (χ1) is 27.2. The van der Waals surface area contributed by atoms with Gasteiger partial charge in [-0.1, -0.05) is 184 Å². The van der Waals surface area contributed by atoms with Crippen molar-refractivity contribution in [1.29, 1.82) is 0 Å². The van der Waals surface area contributed by atoms with Crippen molar-refractivity contribution in [3.63, 3.8) is 0 Å². The zero-order valence-corrected chi connectivity index (χ0v) is 34.6. The van der Waals surface area contributed by atoms with Crippen LogP contribution in [0.4, 0.5) is 17.1 Å². The van der Waals surface area contributed by atoms with Gasteiger partial charge < -0.3 is 4.90 Å². The van der Waals surface area contributed by atoms with Gasteiger partial charge in [0.1, 0.15) is 0 Å². The van der Waals surface area contributed by atoms with Gasteiger partial charge in [-0.15, -0.1) is 0 Å². The molecule has 0 heterocycles. The summed E-state index contributed by atoms with van der Waals surface area (Å²) in [5.74, 6) is 0. The molecule has 1 nitrogen and oxygen atoms in total. The third-order valence-corrected chi connectivity index (χ3v) is 14.1. The zero-order chi connectivity index (χ0) is 38.7. The third-order valence-electron chi connectivity index (χ3n) is 14.1. The van der Waals surface area contributed by atoms with E-state index in [1.54, 1.807) is 5.56 Å². The molecule has 0 aliphatic heterocycles. The van der Waals surface area contributed by atoms with Gasteiger partial charge in [0.05, 0.1) is 0 Å². The van der Waals surface area contributed by atoms with E-state index in [1.807, 2.05) is 0 Å². The lowest BCUT2D eigenvalue weighted by Gasteiger charge is -2.34. The lowest BCUT2D eigenvalue weighted by molar-refractivity contribution is 0.401. The zero-order valence-electron chi connectivity index (χ0n) is 34.6. The molecule has 284 valence electrons. The van der Waals surface area contributed by atoms with Gasteiger partial charge in [-0.2, -0.15) is 0 Å². The van der Waals surface area contributed by atoms with Gasteiger partial charge in [-0.05, 0) is 116 Å². The Morgan fingerprint density at radius 1 is 0.357 bits per heavy atom. The average molecular weight is 734 g/mol. The van der Waals surface area contributed by atoms with Crippen LogP contribution in [-0.2, 0) is 16.2 Å². The van der Waals surface area contributed by atoms with Crippen LogP contribution in [-0.4, -0.2) is 0 Å². The van der Waals surface area contributed by atoms with Gasteiger partial charge in [0.2, 0.25) is 0 Å². The van der Waals surface area contributed by atoms with E-state index in [9.17, 15) is 0 Å². The van der Waals surface area contributed by atoms with Crippen molar-refractivity contribution in [1.82, 2.24) is 0 Å². The summed E-state index contributed by atoms with van der Waals surface area (Å²) in [6, 6.07) is 49.5. The Kier molecular flexibility index (Phi) is 9.35. The van der Waals surface area contributed by atoms with Gasteiger partial charge in [0.15, 0.2) is 0 Å². The second kappa shape index (κ2) is 14.3. The predicted octanol–water partition coefficient (Wildman–Crippen LogP) is 16.0. The molecular formula is C55H59N. The number of hydrogen-bond donors (Lipinski definition) is 0. The molecule has 9 rings (SSSR count). The molecule has 0 fully saturated rings. The minimum Gasteiger partial charge on any atom is -0.310 e. The van der Waals surface area contributed by atoms with Crippen LogP contribution >= 0.6 is 0 Å². The molecule has 3 aliphatic carbocycles. The molecule has 0 aromatic heterocycles. The van der Waals surface area contributed by atoms with Crippen LogP contribution in [0.3, 0.4) is 0 Å². The van der Waals surface area contributed by atoms with E-state index in [0.717, 1.165) is 0 Å². The van der Waals surface area contributed by atoms with Crippen LogP contribution in [0.15, 0.2) is 127 Å². The van der Waals surface area contributed by atoms with Crippen LogP contribution in [0.1, 0.15) is 139 Å². The fourth-order valence-electron chi connectivity index (χ4n) is 11.1. The summed E-state index contributed by atoms with van der Waals surface area (Å²) in [7, 11) is 0. The van der Waals surface area contributed by atoms with Crippen molar-refractivity contribution in [2.75, 3.05) is 4.90 Å². The van der Waals surface area contributed by atoms with Crippen LogP contribution in [0, 0.1) is 0 Å². The molecular weight excluding hydrogens is 675 g/mol. The molecule has 0 radical (unpaired) electrons. The number of hydrogen-bond acceptors (Lipinski definition) is 1. The first-order valence-electron chi connectivity index (χ1n) is 21.7. The monoisotopic (exact) mass is 733 g/mol. The van der Waals surface area contributed by atoms with E-state index in [4.69, 9.17) is 0 Å². The highest BCUT2D eigenvalue weighted by Gasteiger charge is 2.43. The summed E-state index contributed by atoms with van der Waals surface area (Å²) in [5, 5.41) is 0. The maximum absolute atomic E-state index is 2.62. The predicted molar refractivity (Wildman–Crippen MR) is 240 cm³/mol. The standard InChI is InChI=1S/C55H59N/c1-7-9-11-19-33-55(34-20-12-10-8-2)49-26-18-15-23-43(49)46-32-29-40(37-52(46)55)56(38-27-30-44-41-21-13-16-24-47(41)53(3,4)50(44)35-38)39-28-31-45-42-22-14-17-25-48(42)54(5,6)51(45)36-39/h13-18,21-32,35-37H,7-12,19-20,33-34H2,1-6H3. The largest absolute Gasteiger partial charge is 0.310 e. The van der Waals surface area contributed by atoms with Crippen molar-refractivity contribution >= 4 is 17.1 Å². The maximum Gasteiger partial charge on any atom is 0.0465 e. The van der Waals surface area contributed by atoms with Crippen LogP contribution < -0.4 is 4.90 Å². The topological polar surface area (TPSA) is 3.24 Å². The second-order valence-electron chi connectivity index (χ2n) is 18.1. The Morgan fingerprint density at radius 3 is 1.16 bits per heavy atom. The van der Waals surface area contributed by atoms with E-state index < -0.39 is 0 Å². The molecule has 6 aromatic carbocycles. The number of nitrogens with zero attached hydrogens (tertiary/aromatic N) is 1. The Balaban J connectivity index is 1.23. The van der Waals surface area contributed by atoms with Gasteiger partial charge in [-0.25, -0.2) is 0 Å². The molecule has 0 bridgehead atoms. The van der Waals surface area contributed by atoms with Gasteiger partial charge in [-0.3, -0.25) is 0 Å². The molecule has 0 atom stereocenters. The molecule has 0 saturated carbocycles. The average Bonchev–Trinajstić information content (AvgIpc) is 3.72. The van der Waals surface area contributed by atoms with Gasteiger partial charge >= 0.3 is 0 Å². The van der Waals surface area contributed by atoms with Crippen LogP contribution in [0.2, 0.25) is 0 Å². The molecule has 0 unspecified atom stereocenters. The fraction of sp³-hybridized carbons (Fsp3) is 0.345. The number of fused-ring (bicyclic) bond motifs is 9. The Morgan fingerprint density at radius 2 is 0.714 bits per heavy atom. The third kappa shape index (κ3) is 5.71. The van der Waals surface area contributed by atoms with E-state index in [0.29, 0.717) is 0 Å². The van der Waals surface area contributed by atoms with E-state index >= 15 is 0 Å². The SMILES string of the molecule is CCCCCCC1(CCCCCC)c2ccccc2-c2ccc(N(c3ccc4c(c3)C(C)(C)c3ccccc3-4)c3ccc4c(c3)C(C)(C)c3ccccc3-4)cc21. The second-order valence-corrected chi connectivity index (χ2v) is 18.1. The van der Waals surface area contributed by atoms with Crippen molar-refractivity contribution in [2.24, 2.45) is 0 Å². The maximum atomic E-state index is 2.62. The molecule has 3 aliphatic rings. The van der Waals surface area contributed by atoms with Crippen LogP contribution in [0.5, 0.6) is 0 Å². The van der Waals surface area contributed by atoms with E-state index in [1.165, 1.54) is 142 Å². The molecule has 6 aromatic rings. The number of benzene rings is 6. The van der Waals surface area contributed by atoms with E-state index in [2.05, 4.69) is 174 Å². The summed E-state index contributed by atoms with van der Waals surface area (Å²) >= 11 is 0. The molecule has 0 amide bonds. The van der Waals surface area contributed by atoms with Crippen LogP contribution in [0.25, 0.3) is 33.4 Å². The van der Waals surface area contributed by atoms with Crippen molar-refractivity contribution in [3.8, 4) is 33.4 Å². The Hall–Kier alpha value is -4.88. The molecule has 0 saturated heterocycles. The normalized spacial score (nSPS) is 15.8. The highest BCUT2D eigenvalue weighted by atomic mass is 15.1. The smallest absolute Gasteiger partial charge is 0.0465 e. The number of anilines is 3. The first kappa shape index (κ1) is 36.7. The van der Waals surface area contributed by atoms with E-state index in [-0.39, 0.29) is 16.2 Å². The summed E-state index contributed by atoms with van der Waals surface area (Å²) < 4.78 is 0.